The summed E-state index contributed by atoms with van der Waals surface area (Å²) in [7, 11) is 4.26. The molecule has 1 saturated heterocycles. The van der Waals surface area contributed by atoms with E-state index in [2.05, 4.69) is 41.0 Å². The maximum absolute atomic E-state index is 13.8. The monoisotopic (exact) mass is 346 g/mol. The molecule has 0 unspecified atom stereocenters. The molecule has 0 amide bonds. The Balaban J connectivity index is 1.65. The molecule has 1 aromatic carbocycles. The molecular weight excluding hydrogens is 319 g/mol. The standard InChI is InChI=1S/C19H27FN4O/c1-13-5-6-16(11-17(13)20)18-21-19(25-22-18)14(2)24-9-7-15(8-10-24)12-23(3)4/h5-6,11,14-15H,7-10,12H2,1-4H3/t14-/m1/s1. The SMILES string of the molecule is Cc1ccc(-c2noc([C@@H](C)N3CCC(CN(C)C)CC3)n2)cc1F. The third kappa shape index (κ3) is 4.25. The first-order valence-electron chi connectivity index (χ1n) is 8.93. The van der Waals surface area contributed by atoms with E-state index in [1.54, 1.807) is 13.0 Å². The van der Waals surface area contributed by atoms with E-state index in [9.17, 15) is 4.39 Å². The minimum atomic E-state index is -0.250. The van der Waals surface area contributed by atoms with Crippen molar-refractivity contribution in [2.75, 3.05) is 33.7 Å². The molecule has 5 nitrogen and oxygen atoms in total. The van der Waals surface area contributed by atoms with E-state index in [1.807, 2.05) is 6.07 Å². The molecule has 0 aliphatic carbocycles. The van der Waals surface area contributed by atoms with Crippen molar-refractivity contribution in [1.29, 1.82) is 0 Å². The molecule has 1 aliphatic rings. The van der Waals surface area contributed by atoms with Crippen molar-refractivity contribution in [1.82, 2.24) is 19.9 Å². The lowest BCUT2D eigenvalue weighted by Gasteiger charge is -2.35. The molecular formula is C19H27FN4O. The second-order valence-corrected chi connectivity index (χ2v) is 7.34. The number of likely N-dealkylation sites (tertiary alicyclic amines) is 1. The van der Waals surface area contributed by atoms with Gasteiger partial charge >= 0.3 is 0 Å². The highest BCUT2D eigenvalue weighted by molar-refractivity contribution is 5.54. The quantitative estimate of drug-likeness (QED) is 0.829. The zero-order valence-electron chi connectivity index (χ0n) is 15.5. The molecule has 0 radical (unpaired) electrons. The molecule has 2 heterocycles. The van der Waals surface area contributed by atoms with Gasteiger partial charge in [-0.3, -0.25) is 4.90 Å². The highest BCUT2D eigenvalue weighted by Crippen LogP contribution is 2.27. The summed E-state index contributed by atoms with van der Waals surface area (Å²) in [6.07, 6.45) is 2.37. The number of nitrogens with zero attached hydrogens (tertiary/aromatic N) is 4. The van der Waals surface area contributed by atoms with Crippen LogP contribution in [0.25, 0.3) is 11.4 Å². The number of halogens is 1. The van der Waals surface area contributed by atoms with Gasteiger partial charge < -0.3 is 9.42 Å². The predicted molar refractivity (Wildman–Crippen MR) is 95.7 cm³/mol. The lowest BCUT2D eigenvalue weighted by atomic mass is 9.95. The van der Waals surface area contributed by atoms with Crippen LogP contribution in [0.3, 0.4) is 0 Å². The van der Waals surface area contributed by atoms with Crippen LogP contribution in [0.4, 0.5) is 4.39 Å². The van der Waals surface area contributed by atoms with Gasteiger partial charge in [0.2, 0.25) is 11.7 Å². The Bertz CT molecular complexity index is 707. The third-order valence-electron chi connectivity index (χ3n) is 5.05. The second kappa shape index (κ2) is 7.62. The van der Waals surface area contributed by atoms with E-state index in [0.717, 1.165) is 25.6 Å². The van der Waals surface area contributed by atoms with Crippen molar-refractivity contribution in [3.05, 3.63) is 35.5 Å². The molecule has 136 valence electrons. The zero-order chi connectivity index (χ0) is 18.0. The van der Waals surface area contributed by atoms with Crippen LogP contribution < -0.4 is 0 Å². The van der Waals surface area contributed by atoms with Gasteiger partial charge in [0.15, 0.2) is 0 Å². The number of hydrogen-bond donors (Lipinski definition) is 0. The minimum Gasteiger partial charge on any atom is -0.337 e. The van der Waals surface area contributed by atoms with Crippen LogP contribution in [0.15, 0.2) is 22.7 Å². The van der Waals surface area contributed by atoms with Crippen LogP contribution in [-0.2, 0) is 0 Å². The Morgan fingerprint density at radius 2 is 2.04 bits per heavy atom. The van der Waals surface area contributed by atoms with Gasteiger partial charge in [0.1, 0.15) is 5.82 Å². The van der Waals surface area contributed by atoms with E-state index >= 15 is 0 Å². The maximum Gasteiger partial charge on any atom is 0.244 e. The first-order chi connectivity index (χ1) is 11.9. The molecule has 0 spiro atoms. The molecule has 0 saturated carbocycles. The van der Waals surface area contributed by atoms with Gasteiger partial charge in [-0.1, -0.05) is 17.3 Å². The normalized spacial score (nSPS) is 18.0. The van der Waals surface area contributed by atoms with Gasteiger partial charge in [0.05, 0.1) is 6.04 Å². The third-order valence-corrected chi connectivity index (χ3v) is 5.05. The molecule has 1 aromatic heterocycles. The summed E-state index contributed by atoms with van der Waals surface area (Å²) in [5.41, 5.74) is 1.26. The largest absolute Gasteiger partial charge is 0.337 e. The van der Waals surface area contributed by atoms with Crippen LogP contribution in [0, 0.1) is 18.7 Å². The fourth-order valence-corrected chi connectivity index (χ4v) is 3.45. The number of aromatic nitrogens is 2. The average molecular weight is 346 g/mol. The Morgan fingerprint density at radius 3 is 2.68 bits per heavy atom. The topological polar surface area (TPSA) is 45.4 Å². The molecule has 0 bridgehead atoms. The van der Waals surface area contributed by atoms with Gasteiger partial charge in [-0.15, -0.1) is 0 Å². The van der Waals surface area contributed by atoms with Crippen LogP contribution in [0.2, 0.25) is 0 Å². The van der Waals surface area contributed by atoms with Crippen molar-refractivity contribution >= 4 is 0 Å². The van der Waals surface area contributed by atoms with Crippen molar-refractivity contribution in [3.63, 3.8) is 0 Å². The van der Waals surface area contributed by atoms with E-state index < -0.39 is 0 Å². The summed E-state index contributed by atoms with van der Waals surface area (Å²) in [5, 5.41) is 4.04. The Labute approximate surface area is 148 Å². The van der Waals surface area contributed by atoms with E-state index in [-0.39, 0.29) is 11.9 Å². The molecule has 1 atom stereocenters. The van der Waals surface area contributed by atoms with Crippen LogP contribution >= 0.6 is 0 Å². The molecule has 0 N–H and O–H groups in total. The van der Waals surface area contributed by atoms with Crippen molar-refractivity contribution < 1.29 is 8.91 Å². The average Bonchev–Trinajstić information content (AvgIpc) is 3.07. The van der Waals surface area contributed by atoms with Gasteiger partial charge in [0, 0.05) is 12.1 Å². The number of aryl methyl sites for hydroxylation is 1. The number of piperidine rings is 1. The molecule has 1 fully saturated rings. The molecule has 2 aromatic rings. The Kier molecular flexibility index (Phi) is 5.49. The number of hydrogen-bond acceptors (Lipinski definition) is 5. The highest BCUT2D eigenvalue weighted by Gasteiger charge is 2.27. The van der Waals surface area contributed by atoms with Gasteiger partial charge in [0.25, 0.3) is 0 Å². The number of rotatable bonds is 5. The highest BCUT2D eigenvalue weighted by atomic mass is 19.1. The first kappa shape index (κ1) is 18.0. The van der Waals surface area contributed by atoms with Crippen molar-refractivity contribution in [2.24, 2.45) is 5.92 Å². The smallest absolute Gasteiger partial charge is 0.244 e. The Hall–Kier alpha value is -1.79. The predicted octanol–water partition coefficient (Wildman–Crippen LogP) is 3.52. The molecule has 6 heteroatoms. The van der Waals surface area contributed by atoms with Gasteiger partial charge in [-0.05, 0) is 71.4 Å². The first-order valence-corrected chi connectivity index (χ1v) is 8.93. The molecule has 3 rings (SSSR count). The summed E-state index contributed by atoms with van der Waals surface area (Å²) in [4.78, 5) is 9.15. The summed E-state index contributed by atoms with van der Waals surface area (Å²) in [5.74, 6) is 1.55. The van der Waals surface area contributed by atoms with Gasteiger partial charge in [-0.2, -0.15) is 4.98 Å². The summed E-state index contributed by atoms with van der Waals surface area (Å²) >= 11 is 0. The number of benzene rings is 1. The lowest BCUT2D eigenvalue weighted by Crippen LogP contribution is -2.38. The lowest BCUT2D eigenvalue weighted by molar-refractivity contribution is 0.109. The zero-order valence-corrected chi connectivity index (χ0v) is 15.5. The Morgan fingerprint density at radius 1 is 1.32 bits per heavy atom. The van der Waals surface area contributed by atoms with E-state index in [1.165, 1.54) is 18.9 Å². The second-order valence-electron chi connectivity index (χ2n) is 7.34. The van der Waals surface area contributed by atoms with Crippen molar-refractivity contribution in [2.45, 2.75) is 32.7 Å². The van der Waals surface area contributed by atoms with Crippen LogP contribution in [0.5, 0.6) is 0 Å². The van der Waals surface area contributed by atoms with Crippen LogP contribution in [0.1, 0.15) is 37.3 Å². The summed E-state index contributed by atoms with van der Waals surface area (Å²) in [6.45, 7) is 7.06. The van der Waals surface area contributed by atoms with Gasteiger partial charge in [-0.25, -0.2) is 4.39 Å². The summed E-state index contributed by atoms with van der Waals surface area (Å²) in [6, 6.07) is 5.10. The van der Waals surface area contributed by atoms with E-state index in [0.29, 0.717) is 22.8 Å². The maximum atomic E-state index is 13.8. The van der Waals surface area contributed by atoms with E-state index in [4.69, 9.17) is 4.52 Å². The molecule has 1 aliphatic heterocycles. The summed E-state index contributed by atoms with van der Waals surface area (Å²) < 4.78 is 19.2. The molecule has 25 heavy (non-hydrogen) atoms. The van der Waals surface area contributed by atoms with Crippen molar-refractivity contribution in [3.8, 4) is 11.4 Å². The fourth-order valence-electron chi connectivity index (χ4n) is 3.45. The van der Waals surface area contributed by atoms with Crippen LogP contribution in [-0.4, -0.2) is 53.7 Å². The fraction of sp³-hybridized carbons (Fsp3) is 0.579. The minimum absolute atomic E-state index is 0.0804.